The van der Waals surface area contributed by atoms with Crippen LogP contribution in [-0.2, 0) is 14.4 Å². The Hall–Kier alpha value is -1.92. The van der Waals surface area contributed by atoms with E-state index < -0.39 is 46.2 Å². The van der Waals surface area contributed by atoms with Gasteiger partial charge >= 0.3 is 0 Å². The van der Waals surface area contributed by atoms with E-state index in [0.29, 0.717) is 30.4 Å². The maximum Gasteiger partial charge on any atom is 0.221 e. The smallest absolute Gasteiger partial charge is 0.221 e. The summed E-state index contributed by atoms with van der Waals surface area (Å²) in [5.74, 6) is -2.94. The van der Waals surface area contributed by atoms with E-state index in [-0.39, 0.29) is 24.2 Å². The first kappa shape index (κ1) is 19.4. The summed E-state index contributed by atoms with van der Waals surface area (Å²) in [6.07, 6.45) is 4.04. The summed E-state index contributed by atoms with van der Waals surface area (Å²) in [5.41, 5.74) is -2.83. The van der Waals surface area contributed by atoms with Crippen molar-refractivity contribution in [1.82, 2.24) is 0 Å². The van der Waals surface area contributed by atoms with E-state index in [2.05, 4.69) is 6.58 Å². The van der Waals surface area contributed by atoms with Gasteiger partial charge < -0.3 is 10.2 Å². The van der Waals surface area contributed by atoms with Crippen LogP contribution in [0.25, 0.3) is 0 Å². The molecule has 0 heterocycles. The van der Waals surface area contributed by atoms with Crippen LogP contribution in [0.15, 0.2) is 35.7 Å². The van der Waals surface area contributed by atoms with Crippen molar-refractivity contribution >= 4 is 17.3 Å². The summed E-state index contributed by atoms with van der Waals surface area (Å²) in [6, 6.07) is 0. The summed E-state index contributed by atoms with van der Waals surface area (Å²) in [6.45, 7) is 6.79. The van der Waals surface area contributed by atoms with Gasteiger partial charge in [-0.05, 0) is 60.3 Å². The fourth-order valence-electron chi connectivity index (χ4n) is 6.60. The molecular formula is C22H25FO5. The maximum atomic E-state index is 15.1. The van der Waals surface area contributed by atoms with Crippen LogP contribution >= 0.6 is 0 Å². The van der Waals surface area contributed by atoms with Gasteiger partial charge in [-0.2, -0.15) is 0 Å². The second kappa shape index (κ2) is 5.80. The number of ketones is 3. The number of hydrogen-bond donors (Lipinski definition) is 2. The van der Waals surface area contributed by atoms with E-state index in [1.54, 1.807) is 0 Å². The Balaban J connectivity index is 1.83. The molecule has 4 aliphatic carbocycles. The van der Waals surface area contributed by atoms with Crippen molar-refractivity contribution < 1.29 is 29.0 Å². The monoisotopic (exact) mass is 388 g/mol. The van der Waals surface area contributed by atoms with E-state index in [0.717, 1.165) is 6.08 Å². The third-order valence-corrected chi connectivity index (χ3v) is 8.18. The molecule has 4 rings (SSSR count). The lowest BCUT2D eigenvalue weighted by Gasteiger charge is -2.56. The summed E-state index contributed by atoms with van der Waals surface area (Å²) in [4.78, 5) is 36.4. The van der Waals surface area contributed by atoms with Gasteiger partial charge in [0, 0.05) is 17.3 Å². The summed E-state index contributed by atoms with van der Waals surface area (Å²) < 4.78 is 15.1. The molecule has 2 fully saturated rings. The van der Waals surface area contributed by atoms with Crippen molar-refractivity contribution in [2.75, 3.05) is 6.61 Å². The highest BCUT2D eigenvalue weighted by atomic mass is 19.1. The van der Waals surface area contributed by atoms with Crippen molar-refractivity contribution in [2.24, 2.45) is 28.6 Å². The van der Waals surface area contributed by atoms with Crippen LogP contribution in [-0.4, -0.2) is 39.8 Å². The number of halogens is 1. The molecule has 0 spiro atoms. The molecule has 0 saturated heterocycles. The molecule has 0 aliphatic heterocycles. The molecule has 0 aromatic carbocycles. The predicted octanol–water partition coefficient (Wildman–Crippen LogP) is 2.23. The first-order chi connectivity index (χ1) is 13.0. The van der Waals surface area contributed by atoms with Crippen molar-refractivity contribution in [3.63, 3.8) is 0 Å². The molecule has 5 nitrogen and oxygen atoms in total. The first-order valence-corrected chi connectivity index (χ1v) is 9.72. The number of hydrogen-bond acceptors (Lipinski definition) is 5. The third kappa shape index (κ3) is 2.10. The van der Waals surface area contributed by atoms with E-state index in [4.69, 9.17) is 0 Å². The fourth-order valence-corrected chi connectivity index (χ4v) is 6.60. The Labute approximate surface area is 163 Å². The van der Waals surface area contributed by atoms with Crippen molar-refractivity contribution in [3.8, 4) is 0 Å². The second-order valence-electron chi connectivity index (χ2n) is 9.30. The van der Waals surface area contributed by atoms with Crippen molar-refractivity contribution in [2.45, 2.75) is 45.1 Å². The van der Waals surface area contributed by atoms with Gasteiger partial charge in [-0.25, -0.2) is 4.39 Å². The molecule has 0 aromatic rings. The van der Waals surface area contributed by atoms with E-state index in [1.165, 1.54) is 6.08 Å². The van der Waals surface area contributed by atoms with Crippen molar-refractivity contribution in [3.05, 3.63) is 35.7 Å². The van der Waals surface area contributed by atoms with Crippen LogP contribution in [0.4, 0.5) is 4.39 Å². The normalized spacial score (nSPS) is 45.0. The topological polar surface area (TPSA) is 91.7 Å². The largest absolute Gasteiger partial charge is 0.388 e. The summed E-state index contributed by atoms with van der Waals surface area (Å²) >= 11 is 0. The van der Waals surface area contributed by atoms with Gasteiger partial charge in [0.15, 0.2) is 11.4 Å². The molecule has 0 radical (unpaired) electrons. The molecule has 6 heteroatoms. The standard InChI is InChI=1S/C22H25FO5/c1-11-6-14-12-7-16(23)15-8-17(25)18(26)9-20(15,2)13(12)4-5-21(14,3)22(11,28)19(27)10-24/h7-8,12-14,24,28H,1,4-6,9-10H2,2-3H3/t12-,13+,14+,20-,21+,22+/m1/s1. The SMILES string of the molecule is C=C1C[C@H]2[C@@H]3C=C(F)C4=CC(=O)C(=O)C[C@]4(C)[C@H]3CC[C@]2(C)[C@@]1(O)C(=O)CO. The minimum Gasteiger partial charge on any atom is -0.388 e. The Bertz CT molecular complexity index is 885. The number of carbonyl (C=O) groups excluding carboxylic acids is 3. The summed E-state index contributed by atoms with van der Waals surface area (Å²) in [5, 5.41) is 20.7. The molecular weight excluding hydrogens is 363 g/mol. The van der Waals surface area contributed by atoms with Crippen LogP contribution in [0.3, 0.4) is 0 Å². The molecule has 0 amide bonds. The van der Waals surface area contributed by atoms with Crippen LogP contribution in [0.5, 0.6) is 0 Å². The minimum absolute atomic E-state index is 0.0235. The zero-order valence-corrected chi connectivity index (χ0v) is 16.1. The fraction of sp³-hybridized carbons (Fsp3) is 0.591. The average Bonchev–Trinajstić information content (AvgIpc) is 2.85. The average molecular weight is 388 g/mol. The van der Waals surface area contributed by atoms with Crippen LogP contribution in [0.2, 0.25) is 0 Å². The molecule has 2 N–H and O–H groups in total. The van der Waals surface area contributed by atoms with Crippen LogP contribution < -0.4 is 0 Å². The maximum absolute atomic E-state index is 15.1. The number of fused-ring (bicyclic) bond motifs is 5. The van der Waals surface area contributed by atoms with Gasteiger partial charge in [0.2, 0.25) is 11.6 Å². The van der Waals surface area contributed by atoms with E-state index in [9.17, 15) is 24.6 Å². The lowest BCUT2D eigenvalue weighted by atomic mass is 9.47. The lowest BCUT2D eigenvalue weighted by molar-refractivity contribution is -0.156. The third-order valence-electron chi connectivity index (χ3n) is 8.18. The number of Topliss-reactive ketones (excluding diaryl/α,β-unsaturated/α-hetero) is 2. The van der Waals surface area contributed by atoms with E-state index in [1.807, 2.05) is 13.8 Å². The Kier molecular flexibility index (Phi) is 4.02. The molecule has 0 unspecified atom stereocenters. The molecule has 150 valence electrons. The van der Waals surface area contributed by atoms with E-state index >= 15 is 4.39 Å². The van der Waals surface area contributed by atoms with Crippen LogP contribution in [0.1, 0.15) is 39.5 Å². The van der Waals surface area contributed by atoms with Gasteiger partial charge in [0.1, 0.15) is 12.4 Å². The number of carbonyl (C=O) groups is 3. The van der Waals surface area contributed by atoms with Crippen LogP contribution in [0, 0.1) is 28.6 Å². The molecule has 0 aromatic heterocycles. The molecule has 4 aliphatic rings. The molecule has 28 heavy (non-hydrogen) atoms. The zero-order valence-electron chi connectivity index (χ0n) is 16.1. The highest BCUT2D eigenvalue weighted by Gasteiger charge is 2.67. The van der Waals surface area contributed by atoms with Crippen molar-refractivity contribution in [1.29, 1.82) is 0 Å². The Morgan fingerprint density at radius 1 is 1.32 bits per heavy atom. The highest BCUT2D eigenvalue weighted by Crippen LogP contribution is 2.67. The van der Waals surface area contributed by atoms with Gasteiger partial charge in [-0.3, -0.25) is 14.4 Å². The number of rotatable bonds is 2. The van der Waals surface area contributed by atoms with Gasteiger partial charge in [0.05, 0.1) is 0 Å². The minimum atomic E-state index is -1.84. The molecule has 2 saturated carbocycles. The number of aliphatic hydroxyl groups is 2. The molecule has 0 bridgehead atoms. The number of aliphatic hydroxyl groups excluding tert-OH is 1. The predicted molar refractivity (Wildman–Crippen MR) is 98.6 cm³/mol. The number of allylic oxidation sites excluding steroid dienone is 4. The summed E-state index contributed by atoms with van der Waals surface area (Å²) in [7, 11) is 0. The zero-order chi connectivity index (χ0) is 20.6. The first-order valence-electron chi connectivity index (χ1n) is 9.72. The molecule has 6 atom stereocenters. The quantitative estimate of drug-likeness (QED) is 0.559. The highest BCUT2D eigenvalue weighted by molar-refractivity contribution is 6.42. The Morgan fingerprint density at radius 3 is 2.64 bits per heavy atom. The lowest BCUT2D eigenvalue weighted by Crippen LogP contribution is -2.58. The van der Waals surface area contributed by atoms with Gasteiger partial charge in [-0.1, -0.05) is 20.4 Å². The Morgan fingerprint density at radius 2 is 2.00 bits per heavy atom. The second-order valence-corrected chi connectivity index (χ2v) is 9.30. The van der Waals surface area contributed by atoms with Gasteiger partial charge in [0.25, 0.3) is 0 Å². The van der Waals surface area contributed by atoms with Gasteiger partial charge in [-0.15, -0.1) is 0 Å².